The lowest BCUT2D eigenvalue weighted by Gasteiger charge is -2.36. The molecule has 0 radical (unpaired) electrons. The normalized spacial score (nSPS) is 17.1. The molecule has 2 amide bonds. The van der Waals surface area contributed by atoms with Crippen molar-refractivity contribution in [3.8, 4) is 0 Å². The number of fused-ring (bicyclic) bond motifs is 2. The molecule has 1 fully saturated rings. The predicted molar refractivity (Wildman–Crippen MR) is 112 cm³/mol. The smallest absolute Gasteiger partial charge is 0.259 e. The number of thiophene rings is 1. The number of nitrogens with zero attached hydrogens (tertiary/aromatic N) is 2. The standard InChI is InChI=1S/C22H20FN3O2S/c23-15-4-5-16-18(13-29-19(16)12-15)26-10-8-25(9-11-26)7-6-14-2-1-3-17-20(14)22(28)24-21(17)27/h1-5,12-13H,6-11H2,(H,24,27,28). The van der Waals surface area contributed by atoms with Gasteiger partial charge >= 0.3 is 0 Å². The maximum Gasteiger partial charge on any atom is 0.259 e. The van der Waals surface area contributed by atoms with Crippen LogP contribution in [0.15, 0.2) is 41.8 Å². The second-order valence-electron chi connectivity index (χ2n) is 7.46. The summed E-state index contributed by atoms with van der Waals surface area (Å²) in [6.45, 7) is 4.53. The quantitative estimate of drug-likeness (QED) is 0.672. The molecule has 1 saturated heterocycles. The van der Waals surface area contributed by atoms with Gasteiger partial charge in [-0.25, -0.2) is 4.39 Å². The topological polar surface area (TPSA) is 52.7 Å². The Morgan fingerprint density at radius 3 is 2.69 bits per heavy atom. The average molecular weight is 409 g/mol. The van der Waals surface area contributed by atoms with Crippen molar-refractivity contribution in [2.24, 2.45) is 0 Å². The Morgan fingerprint density at radius 1 is 1.03 bits per heavy atom. The number of anilines is 1. The van der Waals surface area contributed by atoms with E-state index in [9.17, 15) is 14.0 Å². The third kappa shape index (κ3) is 3.30. The number of piperazine rings is 1. The lowest BCUT2D eigenvalue weighted by atomic mass is 10.00. The first-order chi connectivity index (χ1) is 14.1. The molecule has 0 bridgehead atoms. The van der Waals surface area contributed by atoms with E-state index in [0.717, 1.165) is 54.8 Å². The van der Waals surface area contributed by atoms with Gasteiger partial charge in [-0.3, -0.25) is 19.8 Å². The van der Waals surface area contributed by atoms with Gasteiger partial charge in [0.15, 0.2) is 0 Å². The Hall–Kier alpha value is -2.77. The maximum absolute atomic E-state index is 13.4. The van der Waals surface area contributed by atoms with E-state index in [1.807, 2.05) is 18.2 Å². The first-order valence-electron chi connectivity index (χ1n) is 9.72. The van der Waals surface area contributed by atoms with Crippen LogP contribution in [0, 0.1) is 5.82 Å². The molecule has 3 heterocycles. The van der Waals surface area contributed by atoms with E-state index in [1.165, 1.54) is 11.8 Å². The Bertz CT molecular complexity index is 1120. The summed E-state index contributed by atoms with van der Waals surface area (Å²) in [5.74, 6) is -0.784. The fourth-order valence-corrected chi connectivity index (χ4v) is 5.22. The molecular formula is C22H20FN3O2S. The van der Waals surface area contributed by atoms with E-state index >= 15 is 0 Å². The van der Waals surface area contributed by atoms with Crippen molar-refractivity contribution >= 4 is 38.9 Å². The molecule has 0 unspecified atom stereocenters. The van der Waals surface area contributed by atoms with Crippen LogP contribution in [0.2, 0.25) is 0 Å². The fraction of sp³-hybridized carbons (Fsp3) is 0.273. The number of carbonyl (C=O) groups excluding carboxylic acids is 2. The molecule has 0 atom stereocenters. The Kier molecular flexibility index (Phi) is 4.56. The molecule has 29 heavy (non-hydrogen) atoms. The average Bonchev–Trinajstić information content (AvgIpc) is 3.27. The highest BCUT2D eigenvalue weighted by Crippen LogP contribution is 2.34. The van der Waals surface area contributed by atoms with Crippen molar-refractivity contribution in [2.75, 3.05) is 37.6 Å². The van der Waals surface area contributed by atoms with Crippen LogP contribution >= 0.6 is 11.3 Å². The van der Waals surface area contributed by atoms with Gasteiger partial charge in [-0.2, -0.15) is 0 Å². The molecule has 3 aromatic rings. The van der Waals surface area contributed by atoms with Crippen molar-refractivity contribution in [3.63, 3.8) is 0 Å². The molecule has 5 rings (SSSR count). The third-order valence-corrected chi connectivity index (χ3v) is 6.71. The summed E-state index contributed by atoms with van der Waals surface area (Å²) in [6.07, 6.45) is 0.741. The number of rotatable bonds is 4. The summed E-state index contributed by atoms with van der Waals surface area (Å²) in [4.78, 5) is 28.7. The van der Waals surface area contributed by atoms with Crippen molar-refractivity contribution in [1.82, 2.24) is 10.2 Å². The molecule has 0 spiro atoms. The zero-order valence-corrected chi connectivity index (χ0v) is 16.6. The number of halogens is 1. The lowest BCUT2D eigenvalue weighted by Crippen LogP contribution is -2.47. The fourth-order valence-electron chi connectivity index (χ4n) is 4.22. The van der Waals surface area contributed by atoms with Crippen molar-refractivity contribution in [3.05, 3.63) is 64.3 Å². The predicted octanol–water partition coefficient (Wildman–Crippen LogP) is 3.29. The minimum absolute atomic E-state index is 0.196. The molecule has 5 nitrogen and oxygen atoms in total. The molecule has 7 heteroatoms. The molecule has 1 N–H and O–H groups in total. The van der Waals surface area contributed by atoms with Crippen LogP contribution in [0.25, 0.3) is 10.1 Å². The zero-order valence-electron chi connectivity index (χ0n) is 15.8. The van der Waals surface area contributed by atoms with Crippen molar-refractivity contribution in [1.29, 1.82) is 0 Å². The Labute approximate surface area is 171 Å². The molecular weight excluding hydrogens is 389 g/mol. The van der Waals surface area contributed by atoms with E-state index in [1.54, 1.807) is 23.5 Å². The van der Waals surface area contributed by atoms with Gasteiger partial charge in [0.1, 0.15) is 5.82 Å². The van der Waals surface area contributed by atoms with Gasteiger partial charge in [-0.05, 0) is 36.2 Å². The van der Waals surface area contributed by atoms with Gasteiger partial charge in [-0.1, -0.05) is 12.1 Å². The highest BCUT2D eigenvalue weighted by atomic mass is 32.1. The molecule has 2 aliphatic heterocycles. The van der Waals surface area contributed by atoms with Crippen LogP contribution in [0.5, 0.6) is 0 Å². The first kappa shape index (κ1) is 18.3. The van der Waals surface area contributed by atoms with E-state index in [2.05, 4.69) is 20.5 Å². The number of nitrogens with one attached hydrogen (secondary N) is 1. The molecule has 0 aliphatic carbocycles. The summed E-state index contributed by atoms with van der Waals surface area (Å²) in [5.41, 5.74) is 3.13. The summed E-state index contributed by atoms with van der Waals surface area (Å²) in [6, 6.07) is 10.5. The van der Waals surface area contributed by atoms with Gasteiger partial charge in [0.2, 0.25) is 0 Å². The number of amides is 2. The maximum atomic E-state index is 13.4. The lowest BCUT2D eigenvalue weighted by molar-refractivity contribution is 0.0879. The van der Waals surface area contributed by atoms with Gasteiger partial charge in [0.25, 0.3) is 11.8 Å². The van der Waals surface area contributed by atoms with Gasteiger partial charge < -0.3 is 4.90 Å². The van der Waals surface area contributed by atoms with E-state index in [-0.39, 0.29) is 17.6 Å². The summed E-state index contributed by atoms with van der Waals surface area (Å²) >= 11 is 1.58. The van der Waals surface area contributed by atoms with Crippen LogP contribution in [0.1, 0.15) is 26.3 Å². The number of hydrogen-bond acceptors (Lipinski definition) is 5. The first-order valence-corrected chi connectivity index (χ1v) is 10.6. The highest BCUT2D eigenvalue weighted by Gasteiger charge is 2.29. The third-order valence-electron chi connectivity index (χ3n) is 5.78. The Balaban J connectivity index is 1.23. The largest absolute Gasteiger partial charge is 0.368 e. The minimum atomic E-state index is -0.302. The van der Waals surface area contributed by atoms with E-state index in [4.69, 9.17) is 0 Å². The molecule has 2 aromatic carbocycles. The minimum Gasteiger partial charge on any atom is -0.368 e. The molecule has 148 valence electrons. The Morgan fingerprint density at radius 2 is 1.86 bits per heavy atom. The van der Waals surface area contributed by atoms with Crippen molar-refractivity contribution in [2.45, 2.75) is 6.42 Å². The summed E-state index contributed by atoms with van der Waals surface area (Å²) in [7, 11) is 0. The molecule has 2 aliphatic rings. The second-order valence-corrected chi connectivity index (χ2v) is 8.37. The van der Waals surface area contributed by atoms with E-state index in [0.29, 0.717) is 11.1 Å². The van der Waals surface area contributed by atoms with Crippen LogP contribution < -0.4 is 10.2 Å². The monoisotopic (exact) mass is 409 g/mol. The highest BCUT2D eigenvalue weighted by molar-refractivity contribution is 7.17. The van der Waals surface area contributed by atoms with Crippen molar-refractivity contribution < 1.29 is 14.0 Å². The SMILES string of the molecule is O=C1NC(=O)c2c(CCN3CCN(c4csc5cc(F)ccc45)CC3)cccc21. The van der Waals surface area contributed by atoms with Gasteiger partial charge in [0.05, 0.1) is 16.8 Å². The number of benzene rings is 2. The van der Waals surface area contributed by atoms with Crippen LogP contribution in [0.3, 0.4) is 0 Å². The van der Waals surface area contributed by atoms with Crippen LogP contribution in [0.4, 0.5) is 10.1 Å². The number of carbonyl (C=O) groups is 2. The number of hydrogen-bond donors (Lipinski definition) is 1. The van der Waals surface area contributed by atoms with Crippen LogP contribution in [-0.4, -0.2) is 49.4 Å². The van der Waals surface area contributed by atoms with E-state index < -0.39 is 0 Å². The molecule has 0 saturated carbocycles. The molecule has 1 aromatic heterocycles. The summed E-state index contributed by atoms with van der Waals surface area (Å²) in [5, 5.41) is 5.60. The van der Waals surface area contributed by atoms with Gasteiger partial charge in [0, 0.05) is 48.2 Å². The number of imide groups is 1. The van der Waals surface area contributed by atoms with Crippen LogP contribution in [-0.2, 0) is 6.42 Å². The summed E-state index contributed by atoms with van der Waals surface area (Å²) < 4.78 is 14.4. The zero-order chi connectivity index (χ0) is 20.0. The second kappa shape index (κ2) is 7.24. The van der Waals surface area contributed by atoms with Gasteiger partial charge in [-0.15, -0.1) is 11.3 Å².